The number of nitrogens with one attached hydrogen (secondary N) is 1. The number of aryl methyl sites for hydroxylation is 2. The van der Waals surface area contributed by atoms with Gasteiger partial charge in [0.2, 0.25) is 0 Å². The molecular formula is C27H34F2N6O. The standard InChI is InChI=1S/C27H34F2N6O/c1-4-5-6-22(19-16-32-34(3)17-19)27(33-24-14-26(30)31-15-18(24)2)35-11-9-21(10-12-35)36-25-8-7-20(28)13-23(25)29/h6-8,13-17,21,27H,4-5,9-12H2,1-3H3,(H3,30,31,33)/b22-6+. The van der Waals surface area contributed by atoms with Gasteiger partial charge in [0.15, 0.2) is 11.6 Å². The maximum atomic E-state index is 14.1. The molecule has 0 saturated carbocycles. The summed E-state index contributed by atoms with van der Waals surface area (Å²) in [6, 6.07) is 5.28. The number of rotatable bonds is 9. The van der Waals surface area contributed by atoms with Crippen molar-refractivity contribution in [3.8, 4) is 5.75 Å². The number of anilines is 2. The van der Waals surface area contributed by atoms with Gasteiger partial charge in [-0.05, 0) is 49.5 Å². The molecule has 7 nitrogen and oxygen atoms in total. The lowest BCUT2D eigenvalue weighted by atomic mass is 9.99. The molecule has 1 aliphatic rings. The third-order valence-electron chi connectivity index (χ3n) is 6.43. The smallest absolute Gasteiger partial charge is 0.167 e. The Morgan fingerprint density at radius 1 is 1.25 bits per heavy atom. The van der Waals surface area contributed by atoms with Crippen molar-refractivity contribution in [2.75, 3.05) is 24.1 Å². The minimum Gasteiger partial charge on any atom is -0.487 e. The summed E-state index contributed by atoms with van der Waals surface area (Å²) in [5, 5.41) is 8.12. The zero-order chi connectivity index (χ0) is 25.7. The van der Waals surface area contributed by atoms with Crippen molar-refractivity contribution in [3.05, 3.63) is 71.7 Å². The van der Waals surface area contributed by atoms with Crippen molar-refractivity contribution in [2.24, 2.45) is 7.05 Å². The molecule has 0 amide bonds. The van der Waals surface area contributed by atoms with Crippen LogP contribution in [-0.2, 0) is 7.05 Å². The molecule has 1 unspecified atom stereocenters. The van der Waals surface area contributed by atoms with E-state index >= 15 is 0 Å². The van der Waals surface area contributed by atoms with E-state index < -0.39 is 11.6 Å². The zero-order valence-electron chi connectivity index (χ0n) is 21.0. The number of unbranched alkanes of at least 4 members (excludes halogenated alkanes) is 1. The first kappa shape index (κ1) is 25.6. The number of piperidine rings is 1. The average Bonchev–Trinajstić information content (AvgIpc) is 3.29. The van der Waals surface area contributed by atoms with Gasteiger partial charge in [0.25, 0.3) is 0 Å². The molecule has 9 heteroatoms. The second kappa shape index (κ2) is 11.5. The number of aromatic nitrogens is 3. The molecule has 1 fully saturated rings. The summed E-state index contributed by atoms with van der Waals surface area (Å²) in [6.07, 6.45) is 11.0. The molecule has 1 atom stereocenters. The van der Waals surface area contributed by atoms with Crippen LogP contribution in [0.1, 0.15) is 43.7 Å². The fourth-order valence-corrected chi connectivity index (χ4v) is 4.47. The molecule has 1 aromatic carbocycles. The van der Waals surface area contributed by atoms with Gasteiger partial charge in [-0.15, -0.1) is 0 Å². The van der Waals surface area contributed by atoms with Crippen molar-refractivity contribution >= 4 is 17.1 Å². The highest BCUT2D eigenvalue weighted by Crippen LogP contribution is 2.30. The topological polar surface area (TPSA) is 81.2 Å². The van der Waals surface area contributed by atoms with Gasteiger partial charge in [0, 0.05) is 55.9 Å². The van der Waals surface area contributed by atoms with E-state index in [1.165, 1.54) is 12.1 Å². The largest absolute Gasteiger partial charge is 0.487 e. The Bertz CT molecular complexity index is 1200. The summed E-state index contributed by atoms with van der Waals surface area (Å²) in [6.45, 7) is 5.62. The van der Waals surface area contributed by atoms with Crippen molar-refractivity contribution in [2.45, 2.75) is 51.8 Å². The molecule has 1 saturated heterocycles. The number of hydrogen-bond acceptors (Lipinski definition) is 6. The van der Waals surface area contributed by atoms with Crippen LogP contribution in [0, 0.1) is 18.6 Å². The number of likely N-dealkylation sites (tertiary alicyclic amines) is 1. The van der Waals surface area contributed by atoms with Crippen LogP contribution < -0.4 is 15.8 Å². The maximum Gasteiger partial charge on any atom is 0.167 e. The maximum absolute atomic E-state index is 14.1. The highest BCUT2D eigenvalue weighted by molar-refractivity contribution is 5.72. The van der Waals surface area contributed by atoms with E-state index in [0.717, 1.165) is 54.4 Å². The number of nitrogens with zero attached hydrogens (tertiary/aromatic N) is 4. The first-order valence-corrected chi connectivity index (χ1v) is 12.4. The van der Waals surface area contributed by atoms with Gasteiger partial charge in [-0.2, -0.15) is 5.10 Å². The molecule has 0 aliphatic carbocycles. The van der Waals surface area contributed by atoms with E-state index in [9.17, 15) is 8.78 Å². The number of nitrogen functional groups attached to an aromatic ring is 1. The zero-order valence-corrected chi connectivity index (χ0v) is 21.0. The summed E-state index contributed by atoms with van der Waals surface area (Å²) in [7, 11) is 1.91. The van der Waals surface area contributed by atoms with Gasteiger partial charge >= 0.3 is 0 Å². The number of hydrogen-bond donors (Lipinski definition) is 2. The predicted molar refractivity (Wildman–Crippen MR) is 138 cm³/mol. The van der Waals surface area contributed by atoms with Crippen molar-refractivity contribution in [3.63, 3.8) is 0 Å². The second-order valence-electron chi connectivity index (χ2n) is 9.25. The van der Waals surface area contributed by atoms with Crippen molar-refractivity contribution in [1.29, 1.82) is 0 Å². The van der Waals surface area contributed by atoms with Gasteiger partial charge in [0.05, 0.1) is 6.20 Å². The minimum absolute atomic E-state index is 0.0892. The third kappa shape index (κ3) is 6.20. The fourth-order valence-electron chi connectivity index (χ4n) is 4.47. The highest BCUT2D eigenvalue weighted by Gasteiger charge is 2.30. The lowest BCUT2D eigenvalue weighted by Crippen LogP contribution is -2.48. The van der Waals surface area contributed by atoms with Gasteiger partial charge in [-0.3, -0.25) is 9.58 Å². The molecular weight excluding hydrogens is 462 g/mol. The van der Waals surface area contributed by atoms with Gasteiger partial charge in [-0.1, -0.05) is 19.4 Å². The molecule has 1 aliphatic heterocycles. The Morgan fingerprint density at radius 2 is 2.03 bits per heavy atom. The van der Waals surface area contributed by atoms with E-state index in [1.54, 1.807) is 10.9 Å². The molecule has 4 rings (SSSR count). The number of nitrogens with two attached hydrogens (primary N) is 1. The van der Waals surface area contributed by atoms with E-state index in [-0.39, 0.29) is 18.0 Å². The Morgan fingerprint density at radius 3 is 2.69 bits per heavy atom. The Labute approximate surface area is 211 Å². The number of pyridine rings is 1. The van der Waals surface area contributed by atoms with Gasteiger partial charge in [-0.25, -0.2) is 13.8 Å². The Hall–Kier alpha value is -3.46. The molecule has 3 heterocycles. The SMILES string of the molecule is CCC/C=C(\c1cnn(C)c1)C(Nc1cc(N)ncc1C)N1CCC(Oc2ccc(F)cc2F)CC1. The number of halogens is 2. The Balaban J connectivity index is 1.58. The first-order chi connectivity index (χ1) is 17.3. The molecule has 0 radical (unpaired) electrons. The van der Waals surface area contributed by atoms with Crippen LogP contribution in [-0.4, -0.2) is 45.0 Å². The molecule has 3 N–H and O–H groups in total. The van der Waals surface area contributed by atoms with E-state index in [4.69, 9.17) is 10.5 Å². The van der Waals surface area contributed by atoms with Gasteiger partial charge < -0.3 is 15.8 Å². The average molecular weight is 497 g/mol. The van der Waals surface area contributed by atoms with E-state index in [2.05, 4.69) is 33.3 Å². The number of benzene rings is 1. The van der Waals surface area contributed by atoms with E-state index in [0.29, 0.717) is 18.7 Å². The van der Waals surface area contributed by atoms with Crippen molar-refractivity contribution in [1.82, 2.24) is 19.7 Å². The molecule has 0 spiro atoms. The van der Waals surface area contributed by atoms with Crippen LogP contribution in [0.5, 0.6) is 5.75 Å². The van der Waals surface area contributed by atoms with Crippen LogP contribution in [0.2, 0.25) is 0 Å². The lowest BCUT2D eigenvalue weighted by molar-refractivity contribution is 0.0904. The summed E-state index contributed by atoms with van der Waals surface area (Å²) in [5.74, 6) is -0.747. The molecule has 36 heavy (non-hydrogen) atoms. The molecule has 192 valence electrons. The van der Waals surface area contributed by atoms with Crippen LogP contribution >= 0.6 is 0 Å². The second-order valence-corrected chi connectivity index (χ2v) is 9.25. The summed E-state index contributed by atoms with van der Waals surface area (Å²) >= 11 is 0. The minimum atomic E-state index is -0.677. The van der Waals surface area contributed by atoms with E-state index in [1.807, 2.05) is 32.4 Å². The lowest BCUT2D eigenvalue weighted by Gasteiger charge is -2.39. The van der Waals surface area contributed by atoms with Crippen molar-refractivity contribution < 1.29 is 13.5 Å². The number of allylic oxidation sites excluding steroid dienone is 1. The van der Waals surface area contributed by atoms with Crippen LogP contribution in [0.3, 0.4) is 0 Å². The Kier molecular flexibility index (Phi) is 8.20. The summed E-state index contributed by atoms with van der Waals surface area (Å²) < 4.78 is 35.1. The molecule has 3 aromatic rings. The summed E-state index contributed by atoms with van der Waals surface area (Å²) in [4.78, 5) is 6.57. The number of ether oxygens (including phenoxy) is 1. The van der Waals surface area contributed by atoms with Crippen LogP contribution in [0.4, 0.5) is 20.3 Å². The quantitative estimate of drug-likeness (QED) is 0.427. The molecule has 2 aromatic heterocycles. The third-order valence-corrected chi connectivity index (χ3v) is 6.43. The first-order valence-electron chi connectivity index (χ1n) is 12.4. The molecule has 0 bridgehead atoms. The van der Waals surface area contributed by atoms with Crippen LogP contribution in [0.15, 0.2) is 48.9 Å². The highest BCUT2D eigenvalue weighted by atomic mass is 19.1. The monoisotopic (exact) mass is 496 g/mol. The summed E-state index contributed by atoms with van der Waals surface area (Å²) in [5.41, 5.74) is 10.1. The van der Waals surface area contributed by atoms with Gasteiger partial charge in [0.1, 0.15) is 23.9 Å². The fraction of sp³-hybridized carbons (Fsp3) is 0.407. The predicted octanol–water partition coefficient (Wildman–Crippen LogP) is 5.15. The van der Waals surface area contributed by atoms with Crippen LogP contribution in [0.25, 0.3) is 5.57 Å². The normalized spacial score (nSPS) is 16.2.